The molecule has 1 aromatic heterocycles. The fraction of sp³-hybridized carbons (Fsp3) is 0.429. The minimum Gasteiger partial charge on any atom is -0.301 e. The van der Waals surface area contributed by atoms with Crippen LogP contribution in [0.3, 0.4) is 0 Å². The van der Waals surface area contributed by atoms with E-state index < -0.39 is 0 Å². The Bertz CT molecular complexity index is 1140. The number of para-hydroxylation sites is 2. The van der Waals surface area contributed by atoms with E-state index in [0.717, 1.165) is 30.9 Å². The third kappa shape index (κ3) is 2.55. The quantitative estimate of drug-likeness (QED) is 0.429. The van der Waals surface area contributed by atoms with E-state index in [2.05, 4.69) is 92.9 Å². The van der Waals surface area contributed by atoms with Crippen LogP contribution in [0.25, 0.3) is 0 Å². The molecule has 3 aromatic rings. The van der Waals surface area contributed by atoms with Crippen molar-refractivity contribution in [3.63, 3.8) is 0 Å². The first-order valence-corrected chi connectivity index (χ1v) is 12.1. The zero-order valence-electron chi connectivity index (χ0n) is 20.0. The summed E-state index contributed by atoms with van der Waals surface area (Å²) in [5.41, 5.74) is 5.32. The van der Waals surface area contributed by atoms with Crippen LogP contribution in [-0.4, -0.2) is 16.1 Å². The molecule has 4 nitrogen and oxygen atoms in total. The molecule has 4 heteroatoms. The lowest BCUT2D eigenvalue weighted by atomic mass is 9.52. The van der Waals surface area contributed by atoms with Crippen LogP contribution in [0, 0.1) is 12.3 Å². The van der Waals surface area contributed by atoms with E-state index in [4.69, 9.17) is 9.97 Å². The van der Waals surface area contributed by atoms with E-state index in [9.17, 15) is 0 Å². The maximum absolute atomic E-state index is 4.90. The molecule has 0 radical (unpaired) electrons. The maximum atomic E-state index is 4.90. The molecule has 0 bridgehead atoms. The van der Waals surface area contributed by atoms with Crippen molar-refractivity contribution in [2.75, 3.05) is 9.80 Å². The van der Waals surface area contributed by atoms with Crippen molar-refractivity contribution >= 4 is 23.0 Å². The topological polar surface area (TPSA) is 32.3 Å². The molecule has 2 aliphatic rings. The molecule has 0 spiro atoms. The standard InChI is InChI=1S/C28H34N4/c1-6-17-28(8-3)21-14-10-12-16-23(21)32-25-24(29-18-19-30-25)31(26(32)27(28,5)7-2)22-15-11-9-13-20(22)4/h9-16,18-19,26H,6-8,17H2,1-5H3. The zero-order chi connectivity index (χ0) is 22.5. The predicted octanol–water partition coefficient (Wildman–Crippen LogP) is 7.28. The van der Waals surface area contributed by atoms with Crippen LogP contribution in [-0.2, 0) is 5.41 Å². The highest BCUT2D eigenvalue weighted by Gasteiger charge is 2.62. The van der Waals surface area contributed by atoms with Gasteiger partial charge in [0, 0.05) is 34.6 Å². The fourth-order valence-corrected chi connectivity index (χ4v) is 6.69. The summed E-state index contributed by atoms with van der Waals surface area (Å²) in [4.78, 5) is 14.8. The van der Waals surface area contributed by atoms with E-state index in [1.54, 1.807) is 0 Å². The molecule has 0 saturated carbocycles. The Morgan fingerprint density at radius 3 is 2.00 bits per heavy atom. The minimum absolute atomic E-state index is 0.00320. The molecule has 32 heavy (non-hydrogen) atoms. The van der Waals surface area contributed by atoms with Crippen molar-refractivity contribution in [3.05, 3.63) is 72.1 Å². The van der Waals surface area contributed by atoms with Crippen molar-refractivity contribution in [1.29, 1.82) is 0 Å². The van der Waals surface area contributed by atoms with Crippen molar-refractivity contribution < 1.29 is 0 Å². The molecule has 0 saturated heterocycles. The van der Waals surface area contributed by atoms with Crippen LogP contribution in [0.5, 0.6) is 0 Å². The summed E-state index contributed by atoms with van der Waals surface area (Å²) in [5, 5.41) is 0. The Kier molecular flexibility index (Phi) is 4.99. The summed E-state index contributed by atoms with van der Waals surface area (Å²) >= 11 is 0. The molecule has 0 fully saturated rings. The van der Waals surface area contributed by atoms with E-state index in [0.29, 0.717) is 0 Å². The van der Waals surface area contributed by atoms with Gasteiger partial charge in [-0.1, -0.05) is 70.5 Å². The average molecular weight is 427 g/mol. The number of fused-ring (bicyclic) bond motifs is 5. The van der Waals surface area contributed by atoms with Gasteiger partial charge in [-0.25, -0.2) is 9.97 Å². The van der Waals surface area contributed by atoms with Gasteiger partial charge in [0.1, 0.15) is 6.17 Å². The summed E-state index contributed by atoms with van der Waals surface area (Å²) < 4.78 is 0. The third-order valence-corrected chi connectivity index (χ3v) is 8.34. The first-order valence-electron chi connectivity index (χ1n) is 12.1. The molecule has 0 amide bonds. The van der Waals surface area contributed by atoms with Crippen LogP contribution in [0.15, 0.2) is 60.9 Å². The summed E-state index contributed by atoms with van der Waals surface area (Å²) in [6, 6.07) is 17.7. The number of anilines is 4. The lowest BCUT2D eigenvalue weighted by Gasteiger charge is -2.60. The molecule has 0 aliphatic carbocycles. The van der Waals surface area contributed by atoms with Crippen molar-refractivity contribution in [2.45, 2.75) is 71.9 Å². The van der Waals surface area contributed by atoms with Gasteiger partial charge in [-0.05, 0) is 49.4 Å². The number of nitrogens with zero attached hydrogens (tertiary/aromatic N) is 4. The minimum atomic E-state index is -0.00320. The Hall–Kier alpha value is -2.88. The normalized spacial score (nSPS) is 26.0. The number of benzene rings is 2. The van der Waals surface area contributed by atoms with Crippen molar-refractivity contribution in [2.24, 2.45) is 5.41 Å². The molecule has 3 heterocycles. The highest BCUT2D eigenvalue weighted by molar-refractivity contribution is 5.87. The lowest BCUT2D eigenvalue weighted by Crippen LogP contribution is -2.63. The van der Waals surface area contributed by atoms with Gasteiger partial charge >= 0.3 is 0 Å². The Morgan fingerprint density at radius 2 is 1.41 bits per heavy atom. The van der Waals surface area contributed by atoms with E-state index in [1.807, 2.05) is 12.4 Å². The van der Waals surface area contributed by atoms with Gasteiger partial charge in [0.05, 0.1) is 0 Å². The molecule has 2 aliphatic heterocycles. The SMILES string of the molecule is CCCC1(CC)c2ccccc2N2c3nccnc3N(c3ccccc3C)C2C1(C)CC. The Morgan fingerprint density at radius 1 is 0.812 bits per heavy atom. The van der Waals surface area contributed by atoms with Crippen molar-refractivity contribution in [1.82, 2.24) is 9.97 Å². The number of aryl methyl sites for hydroxylation is 1. The molecule has 3 atom stereocenters. The van der Waals surface area contributed by atoms with Gasteiger partial charge in [-0.15, -0.1) is 0 Å². The van der Waals surface area contributed by atoms with Gasteiger partial charge in [0.2, 0.25) is 0 Å². The second kappa shape index (κ2) is 7.61. The Balaban J connectivity index is 1.88. The van der Waals surface area contributed by atoms with Crippen LogP contribution < -0.4 is 9.80 Å². The summed E-state index contributed by atoms with van der Waals surface area (Å²) in [6.45, 7) is 11.8. The Labute approximate surface area is 192 Å². The number of hydrogen-bond acceptors (Lipinski definition) is 4. The molecular weight excluding hydrogens is 392 g/mol. The number of rotatable bonds is 5. The summed E-state index contributed by atoms with van der Waals surface area (Å²) in [7, 11) is 0. The molecule has 5 rings (SSSR count). The van der Waals surface area contributed by atoms with E-state index in [-0.39, 0.29) is 17.0 Å². The molecule has 0 N–H and O–H groups in total. The maximum Gasteiger partial charge on any atom is 0.178 e. The van der Waals surface area contributed by atoms with Crippen LogP contribution >= 0.6 is 0 Å². The zero-order valence-corrected chi connectivity index (χ0v) is 20.0. The highest BCUT2D eigenvalue weighted by Crippen LogP contribution is 2.65. The van der Waals surface area contributed by atoms with Gasteiger partial charge < -0.3 is 9.80 Å². The molecular formula is C28H34N4. The first-order chi connectivity index (χ1) is 15.5. The number of hydrogen-bond donors (Lipinski definition) is 0. The van der Waals surface area contributed by atoms with Gasteiger partial charge in [0.15, 0.2) is 11.6 Å². The number of aromatic nitrogens is 2. The van der Waals surface area contributed by atoms with E-state index >= 15 is 0 Å². The summed E-state index contributed by atoms with van der Waals surface area (Å²) in [6.07, 6.45) is 8.31. The van der Waals surface area contributed by atoms with Gasteiger partial charge in [-0.2, -0.15) is 0 Å². The second-order valence-electron chi connectivity index (χ2n) is 9.58. The average Bonchev–Trinajstić information content (AvgIpc) is 3.18. The smallest absolute Gasteiger partial charge is 0.178 e. The second-order valence-corrected chi connectivity index (χ2v) is 9.58. The third-order valence-electron chi connectivity index (χ3n) is 8.34. The van der Waals surface area contributed by atoms with Gasteiger partial charge in [-0.3, -0.25) is 0 Å². The van der Waals surface area contributed by atoms with Crippen LogP contribution in [0.1, 0.15) is 64.5 Å². The molecule has 166 valence electrons. The van der Waals surface area contributed by atoms with E-state index in [1.165, 1.54) is 28.9 Å². The van der Waals surface area contributed by atoms with Gasteiger partial charge in [0.25, 0.3) is 0 Å². The van der Waals surface area contributed by atoms with Crippen LogP contribution in [0.4, 0.5) is 23.0 Å². The molecule has 3 unspecified atom stereocenters. The van der Waals surface area contributed by atoms with Crippen LogP contribution in [0.2, 0.25) is 0 Å². The predicted molar refractivity (Wildman–Crippen MR) is 133 cm³/mol. The lowest BCUT2D eigenvalue weighted by molar-refractivity contribution is 0.0722. The largest absolute Gasteiger partial charge is 0.301 e. The first kappa shape index (κ1) is 21.0. The summed E-state index contributed by atoms with van der Waals surface area (Å²) in [5.74, 6) is 1.93. The monoisotopic (exact) mass is 426 g/mol. The fourth-order valence-electron chi connectivity index (χ4n) is 6.69. The highest BCUT2D eigenvalue weighted by atomic mass is 15.5. The molecule has 2 aromatic carbocycles. The van der Waals surface area contributed by atoms with Crippen molar-refractivity contribution in [3.8, 4) is 0 Å².